The van der Waals surface area contributed by atoms with Crippen LogP contribution in [-0.4, -0.2) is 25.1 Å². The van der Waals surface area contributed by atoms with Crippen LogP contribution in [0.15, 0.2) is 48.5 Å². The molecule has 2 aromatic carbocycles. The summed E-state index contributed by atoms with van der Waals surface area (Å²) in [6, 6.07) is 11.9. The second kappa shape index (κ2) is 7.93. The largest absolute Gasteiger partial charge is 0.482 e. The van der Waals surface area contributed by atoms with E-state index in [1.54, 1.807) is 31.2 Å². The molecule has 23 heavy (non-hydrogen) atoms. The average molecular weight is 317 g/mol. The van der Waals surface area contributed by atoms with Gasteiger partial charge in [0.05, 0.1) is 6.61 Å². The lowest BCUT2D eigenvalue weighted by molar-refractivity contribution is -0.145. The van der Waals surface area contributed by atoms with E-state index in [1.807, 2.05) is 0 Å². The number of anilines is 1. The first kappa shape index (κ1) is 16.5. The SMILES string of the molecule is CCOC(=O)COc1cccc(NC(=O)c2cccc(F)c2)c1. The molecule has 0 saturated carbocycles. The molecule has 0 atom stereocenters. The molecule has 0 heterocycles. The molecule has 0 radical (unpaired) electrons. The number of carbonyl (C=O) groups excluding carboxylic acids is 2. The van der Waals surface area contributed by atoms with Gasteiger partial charge in [-0.3, -0.25) is 4.79 Å². The number of nitrogens with one attached hydrogen (secondary N) is 1. The molecule has 0 spiro atoms. The van der Waals surface area contributed by atoms with Gasteiger partial charge >= 0.3 is 5.97 Å². The highest BCUT2D eigenvalue weighted by molar-refractivity contribution is 6.04. The van der Waals surface area contributed by atoms with Gasteiger partial charge in [0.25, 0.3) is 5.91 Å². The van der Waals surface area contributed by atoms with Crippen LogP contribution in [0.25, 0.3) is 0 Å². The Morgan fingerprint density at radius 1 is 1.13 bits per heavy atom. The summed E-state index contributed by atoms with van der Waals surface area (Å²) in [5.41, 5.74) is 0.684. The van der Waals surface area contributed by atoms with E-state index in [1.165, 1.54) is 18.2 Å². The summed E-state index contributed by atoms with van der Waals surface area (Å²) in [5, 5.41) is 2.64. The average Bonchev–Trinajstić information content (AvgIpc) is 2.53. The zero-order valence-electron chi connectivity index (χ0n) is 12.5. The van der Waals surface area contributed by atoms with Crippen LogP contribution in [0.4, 0.5) is 10.1 Å². The third-order valence-corrected chi connectivity index (χ3v) is 2.84. The molecule has 0 unspecified atom stereocenters. The maximum atomic E-state index is 13.1. The van der Waals surface area contributed by atoms with E-state index in [0.717, 1.165) is 6.07 Å². The number of ether oxygens (including phenoxy) is 2. The molecule has 0 bridgehead atoms. The van der Waals surface area contributed by atoms with E-state index in [4.69, 9.17) is 9.47 Å². The van der Waals surface area contributed by atoms with Crippen molar-refractivity contribution in [3.63, 3.8) is 0 Å². The van der Waals surface area contributed by atoms with Crippen LogP contribution in [0, 0.1) is 5.82 Å². The Hall–Kier alpha value is -2.89. The van der Waals surface area contributed by atoms with E-state index >= 15 is 0 Å². The van der Waals surface area contributed by atoms with Gasteiger partial charge in [-0.15, -0.1) is 0 Å². The van der Waals surface area contributed by atoms with Crippen LogP contribution in [-0.2, 0) is 9.53 Å². The highest BCUT2D eigenvalue weighted by Gasteiger charge is 2.08. The Balaban J connectivity index is 1.99. The third-order valence-electron chi connectivity index (χ3n) is 2.84. The second-order valence-electron chi connectivity index (χ2n) is 4.59. The van der Waals surface area contributed by atoms with Gasteiger partial charge in [0.15, 0.2) is 6.61 Å². The van der Waals surface area contributed by atoms with Crippen molar-refractivity contribution in [2.75, 3.05) is 18.5 Å². The first-order valence-electron chi connectivity index (χ1n) is 7.04. The number of carbonyl (C=O) groups is 2. The maximum Gasteiger partial charge on any atom is 0.344 e. The van der Waals surface area contributed by atoms with Crippen LogP contribution < -0.4 is 10.1 Å². The molecule has 120 valence electrons. The summed E-state index contributed by atoms with van der Waals surface area (Å²) in [6.45, 7) is 1.78. The van der Waals surface area contributed by atoms with Gasteiger partial charge in [0, 0.05) is 17.3 Å². The summed E-state index contributed by atoms with van der Waals surface area (Å²) in [5.74, 6) is -0.979. The minimum absolute atomic E-state index is 0.211. The predicted molar refractivity (Wildman–Crippen MR) is 82.9 cm³/mol. The molecule has 2 rings (SSSR count). The zero-order valence-corrected chi connectivity index (χ0v) is 12.5. The van der Waals surface area contributed by atoms with Gasteiger partial charge in [-0.05, 0) is 37.3 Å². The first-order valence-corrected chi connectivity index (χ1v) is 7.04. The molecule has 0 aliphatic carbocycles. The summed E-state index contributed by atoms with van der Waals surface area (Å²) in [7, 11) is 0. The molecular weight excluding hydrogens is 301 g/mol. The van der Waals surface area contributed by atoms with Gasteiger partial charge in [0.2, 0.25) is 0 Å². The quantitative estimate of drug-likeness (QED) is 0.832. The Morgan fingerprint density at radius 3 is 2.65 bits per heavy atom. The maximum absolute atomic E-state index is 13.1. The van der Waals surface area contributed by atoms with E-state index < -0.39 is 17.7 Å². The van der Waals surface area contributed by atoms with Crippen molar-refractivity contribution in [2.24, 2.45) is 0 Å². The van der Waals surface area contributed by atoms with Crippen molar-refractivity contribution < 1.29 is 23.5 Å². The number of hydrogen-bond acceptors (Lipinski definition) is 4. The molecule has 0 aromatic heterocycles. The van der Waals surface area contributed by atoms with Crippen molar-refractivity contribution in [2.45, 2.75) is 6.92 Å². The van der Waals surface area contributed by atoms with Crippen LogP contribution in [0.5, 0.6) is 5.75 Å². The number of rotatable bonds is 6. The number of benzene rings is 2. The van der Waals surface area contributed by atoms with E-state index in [2.05, 4.69) is 5.32 Å². The lowest BCUT2D eigenvalue weighted by atomic mass is 10.2. The fourth-order valence-corrected chi connectivity index (χ4v) is 1.84. The van der Waals surface area contributed by atoms with Crippen LogP contribution in [0.1, 0.15) is 17.3 Å². The second-order valence-corrected chi connectivity index (χ2v) is 4.59. The van der Waals surface area contributed by atoms with E-state index in [9.17, 15) is 14.0 Å². The molecule has 1 N–H and O–H groups in total. The van der Waals surface area contributed by atoms with Crippen molar-refractivity contribution >= 4 is 17.6 Å². The standard InChI is InChI=1S/C17H16FNO4/c1-2-22-16(20)11-23-15-8-4-7-14(10-15)19-17(21)12-5-3-6-13(18)9-12/h3-10H,2,11H2,1H3,(H,19,21). The lowest BCUT2D eigenvalue weighted by Gasteiger charge is -2.09. The zero-order chi connectivity index (χ0) is 16.7. The monoisotopic (exact) mass is 317 g/mol. The molecular formula is C17H16FNO4. The molecule has 2 aromatic rings. The summed E-state index contributed by atoms with van der Waals surface area (Å²) in [4.78, 5) is 23.3. The van der Waals surface area contributed by atoms with Gasteiger partial charge in [-0.1, -0.05) is 12.1 Å². The molecule has 0 saturated heterocycles. The van der Waals surface area contributed by atoms with Crippen LogP contribution >= 0.6 is 0 Å². The minimum atomic E-state index is -0.482. The predicted octanol–water partition coefficient (Wildman–Crippen LogP) is 3.02. The minimum Gasteiger partial charge on any atom is -0.482 e. The van der Waals surface area contributed by atoms with Crippen molar-refractivity contribution in [1.82, 2.24) is 0 Å². The summed E-state index contributed by atoms with van der Waals surface area (Å²) >= 11 is 0. The number of halogens is 1. The Labute approximate surface area is 133 Å². The first-order chi connectivity index (χ1) is 11.1. The number of esters is 1. The van der Waals surface area contributed by atoms with Crippen LogP contribution in [0.2, 0.25) is 0 Å². The Bertz CT molecular complexity index is 702. The molecule has 1 amide bonds. The van der Waals surface area contributed by atoms with Gasteiger partial charge in [0.1, 0.15) is 11.6 Å². The topological polar surface area (TPSA) is 64.6 Å². The normalized spacial score (nSPS) is 10.0. The summed E-state index contributed by atoms with van der Waals surface area (Å²) in [6.07, 6.45) is 0. The highest BCUT2D eigenvalue weighted by atomic mass is 19.1. The Morgan fingerprint density at radius 2 is 1.91 bits per heavy atom. The smallest absolute Gasteiger partial charge is 0.344 e. The Kier molecular flexibility index (Phi) is 5.68. The molecule has 5 nitrogen and oxygen atoms in total. The summed E-state index contributed by atoms with van der Waals surface area (Å²) < 4.78 is 23.2. The molecule has 6 heteroatoms. The fourth-order valence-electron chi connectivity index (χ4n) is 1.84. The van der Waals surface area contributed by atoms with Crippen molar-refractivity contribution in [3.05, 3.63) is 59.9 Å². The van der Waals surface area contributed by atoms with Gasteiger partial charge < -0.3 is 14.8 Å². The number of amides is 1. The van der Waals surface area contributed by atoms with Gasteiger partial charge in [-0.25, -0.2) is 9.18 Å². The van der Waals surface area contributed by atoms with Gasteiger partial charge in [-0.2, -0.15) is 0 Å². The van der Waals surface area contributed by atoms with E-state index in [0.29, 0.717) is 11.4 Å². The molecule has 0 fully saturated rings. The van der Waals surface area contributed by atoms with Crippen molar-refractivity contribution in [3.8, 4) is 5.75 Å². The number of hydrogen-bond donors (Lipinski definition) is 1. The third kappa shape index (κ3) is 5.10. The van der Waals surface area contributed by atoms with Crippen LogP contribution in [0.3, 0.4) is 0 Å². The van der Waals surface area contributed by atoms with Crippen molar-refractivity contribution in [1.29, 1.82) is 0 Å². The van der Waals surface area contributed by atoms with E-state index in [-0.39, 0.29) is 18.8 Å². The highest BCUT2D eigenvalue weighted by Crippen LogP contribution is 2.18. The fraction of sp³-hybridized carbons (Fsp3) is 0.176. The lowest BCUT2D eigenvalue weighted by Crippen LogP contribution is -2.15. The molecule has 0 aliphatic rings. The molecule has 0 aliphatic heterocycles.